The van der Waals surface area contributed by atoms with Gasteiger partial charge in [0, 0.05) is 18.2 Å². The number of nitrogens with zero attached hydrogens (tertiary/aromatic N) is 2. The lowest BCUT2D eigenvalue weighted by Crippen LogP contribution is -2.42. The summed E-state index contributed by atoms with van der Waals surface area (Å²) in [6, 6.07) is 7.95. The third kappa shape index (κ3) is 7.61. The molecule has 11 nitrogen and oxygen atoms in total. The minimum Gasteiger partial charge on any atom is -0.466 e. The molecule has 1 aromatic carbocycles. The van der Waals surface area contributed by atoms with Crippen molar-refractivity contribution >= 4 is 34.8 Å². The van der Waals surface area contributed by atoms with Crippen LogP contribution in [-0.2, 0) is 25.5 Å². The number of amides is 1. The highest BCUT2D eigenvalue weighted by Gasteiger charge is 2.24. The Hall–Kier alpha value is -4.28. The number of H-pyrrole nitrogens is 1. The number of aryl methyl sites for hydroxylation is 1. The predicted octanol–water partition coefficient (Wildman–Crippen LogP) is 2.64. The molecule has 0 radical (unpaired) electrons. The summed E-state index contributed by atoms with van der Waals surface area (Å²) in [5.41, 5.74) is 7.88. The van der Waals surface area contributed by atoms with E-state index >= 15 is 0 Å². The molecule has 0 aliphatic rings. The van der Waals surface area contributed by atoms with Gasteiger partial charge in [0.05, 0.1) is 18.6 Å². The van der Waals surface area contributed by atoms with Crippen LogP contribution in [0.5, 0.6) is 0 Å². The summed E-state index contributed by atoms with van der Waals surface area (Å²) in [5, 5.41) is 3.06. The molecule has 0 saturated carbocycles. The van der Waals surface area contributed by atoms with Crippen LogP contribution in [0.3, 0.4) is 0 Å². The van der Waals surface area contributed by atoms with E-state index in [1.807, 2.05) is 12.1 Å². The molecule has 1 amide bonds. The molecule has 1 unspecified atom stereocenters. The van der Waals surface area contributed by atoms with Gasteiger partial charge in [-0.3, -0.25) is 19.4 Å². The van der Waals surface area contributed by atoms with Gasteiger partial charge in [0.2, 0.25) is 5.95 Å². The van der Waals surface area contributed by atoms with Crippen LogP contribution in [0.4, 0.5) is 5.95 Å². The molecule has 0 saturated heterocycles. The summed E-state index contributed by atoms with van der Waals surface area (Å²) < 4.78 is 9.95. The first kappa shape index (κ1) is 28.3. The molecule has 2 atom stereocenters. The minimum atomic E-state index is -0.958. The molecule has 202 valence electrons. The fraction of sp³-hybridized carbons (Fsp3) is 0.407. The summed E-state index contributed by atoms with van der Waals surface area (Å²) in [7, 11) is 0. The van der Waals surface area contributed by atoms with Crippen molar-refractivity contribution in [1.82, 2.24) is 20.3 Å². The van der Waals surface area contributed by atoms with E-state index in [0.29, 0.717) is 23.0 Å². The molecule has 0 aliphatic heterocycles. The van der Waals surface area contributed by atoms with E-state index in [4.69, 9.17) is 15.2 Å². The lowest BCUT2D eigenvalue weighted by molar-refractivity contribution is -0.146. The summed E-state index contributed by atoms with van der Waals surface area (Å²) in [4.78, 5) is 59.7. The van der Waals surface area contributed by atoms with Crippen LogP contribution in [0.1, 0.15) is 67.4 Å². The molecule has 2 aromatic heterocycles. The highest BCUT2D eigenvalue weighted by molar-refractivity contribution is 5.96. The lowest BCUT2D eigenvalue weighted by atomic mass is 9.93. The number of rotatable bonds is 12. The number of esters is 2. The van der Waals surface area contributed by atoms with Crippen molar-refractivity contribution in [2.75, 3.05) is 18.9 Å². The van der Waals surface area contributed by atoms with Crippen molar-refractivity contribution < 1.29 is 23.9 Å². The number of pyridine rings is 1. The maximum atomic E-state index is 12.8. The van der Waals surface area contributed by atoms with Gasteiger partial charge in [0.25, 0.3) is 11.5 Å². The molecule has 3 aromatic rings. The van der Waals surface area contributed by atoms with Crippen molar-refractivity contribution in [1.29, 1.82) is 0 Å². The molecule has 2 heterocycles. The molecule has 0 aliphatic carbocycles. The third-order valence-electron chi connectivity index (χ3n) is 6.06. The molecule has 0 fully saturated rings. The molecule has 38 heavy (non-hydrogen) atoms. The number of nitrogens with one attached hydrogen (secondary N) is 2. The van der Waals surface area contributed by atoms with Gasteiger partial charge in [-0.05, 0) is 68.4 Å². The zero-order chi connectivity index (χ0) is 27.7. The predicted molar refractivity (Wildman–Crippen MR) is 142 cm³/mol. The number of nitrogens with two attached hydrogens (primary N) is 1. The first-order chi connectivity index (χ1) is 18.2. The number of ether oxygens (including phenoxy) is 2. The van der Waals surface area contributed by atoms with Crippen LogP contribution in [-0.4, -0.2) is 52.1 Å². The maximum absolute atomic E-state index is 12.8. The van der Waals surface area contributed by atoms with E-state index in [9.17, 15) is 19.2 Å². The van der Waals surface area contributed by atoms with Crippen LogP contribution in [0, 0.1) is 0 Å². The number of carbonyl (C=O) groups excluding carboxylic acids is 3. The number of hydrogen-bond acceptors (Lipinski definition) is 9. The fourth-order valence-electron chi connectivity index (χ4n) is 3.96. The monoisotopic (exact) mass is 523 g/mol. The smallest absolute Gasteiger partial charge is 0.328 e. The number of carbonyl (C=O) groups is 3. The normalized spacial score (nSPS) is 12.5. The molecule has 0 bridgehead atoms. The molecular weight excluding hydrogens is 490 g/mol. The van der Waals surface area contributed by atoms with E-state index in [0.717, 1.165) is 17.5 Å². The van der Waals surface area contributed by atoms with Gasteiger partial charge >= 0.3 is 11.9 Å². The molecule has 11 heteroatoms. The number of nitrogen functional groups attached to an aromatic ring is 1. The van der Waals surface area contributed by atoms with Gasteiger partial charge in [-0.15, -0.1) is 0 Å². The largest absolute Gasteiger partial charge is 0.466 e. The Kier molecular flexibility index (Phi) is 9.92. The number of aromatic nitrogens is 3. The van der Waals surface area contributed by atoms with Crippen molar-refractivity contribution in [3.8, 4) is 0 Å². The standard InChI is InChI=1S/C27H33N5O6/c1-4-37-22(33)13-12-21(26(36)38-5-2)30-24(34)19-10-8-18(9-11-19)16(3)6-7-17-14-20-23(29-15-17)31-27(28)32-25(20)35/h8-11,14-16,21H,4-7,12-13H2,1-3H3,(H,30,34)(H3,28,29,31,32,35)/t16?,21-/m0/s1. The summed E-state index contributed by atoms with van der Waals surface area (Å²) in [6.45, 7) is 5.85. The zero-order valence-corrected chi connectivity index (χ0v) is 21.8. The van der Waals surface area contributed by atoms with Crippen molar-refractivity contribution in [3.63, 3.8) is 0 Å². The number of aromatic amines is 1. The topological polar surface area (TPSA) is 166 Å². The number of hydrogen-bond donors (Lipinski definition) is 3. The second-order valence-corrected chi connectivity index (χ2v) is 8.85. The average Bonchev–Trinajstić information content (AvgIpc) is 2.90. The first-order valence-electron chi connectivity index (χ1n) is 12.6. The van der Waals surface area contributed by atoms with E-state index in [1.54, 1.807) is 38.2 Å². The van der Waals surface area contributed by atoms with Gasteiger partial charge in [0.15, 0.2) is 5.65 Å². The van der Waals surface area contributed by atoms with E-state index in [-0.39, 0.29) is 43.5 Å². The molecule has 3 rings (SSSR count). The Labute approximate surface area is 220 Å². The fourth-order valence-corrected chi connectivity index (χ4v) is 3.96. The Bertz CT molecular complexity index is 1340. The Morgan fingerprint density at radius 3 is 2.47 bits per heavy atom. The SMILES string of the molecule is CCOC(=O)CC[C@H](NC(=O)c1ccc(C(C)CCc2cnc3nc(N)[nH]c(=O)c3c2)cc1)C(=O)OCC. The summed E-state index contributed by atoms with van der Waals surface area (Å²) >= 11 is 0. The van der Waals surface area contributed by atoms with Gasteiger partial charge < -0.3 is 20.5 Å². The lowest BCUT2D eigenvalue weighted by Gasteiger charge is -2.17. The average molecular weight is 524 g/mol. The highest BCUT2D eigenvalue weighted by Crippen LogP contribution is 2.22. The zero-order valence-electron chi connectivity index (χ0n) is 21.8. The Morgan fingerprint density at radius 1 is 1.08 bits per heavy atom. The van der Waals surface area contributed by atoms with E-state index < -0.39 is 23.9 Å². The van der Waals surface area contributed by atoms with Crippen molar-refractivity contribution in [2.24, 2.45) is 0 Å². The van der Waals surface area contributed by atoms with E-state index in [1.165, 1.54) is 0 Å². The Morgan fingerprint density at radius 2 is 1.79 bits per heavy atom. The van der Waals surface area contributed by atoms with Gasteiger partial charge in [-0.25, -0.2) is 9.78 Å². The maximum Gasteiger partial charge on any atom is 0.328 e. The van der Waals surface area contributed by atoms with Crippen LogP contribution < -0.4 is 16.6 Å². The second-order valence-electron chi connectivity index (χ2n) is 8.85. The van der Waals surface area contributed by atoms with Gasteiger partial charge in [-0.2, -0.15) is 4.98 Å². The first-order valence-corrected chi connectivity index (χ1v) is 12.6. The molecular formula is C27H33N5O6. The quantitative estimate of drug-likeness (QED) is 0.302. The van der Waals surface area contributed by atoms with Crippen LogP contribution in [0.25, 0.3) is 11.0 Å². The summed E-state index contributed by atoms with van der Waals surface area (Å²) in [6.07, 6.45) is 3.24. The van der Waals surface area contributed by atoms with Crippen molar-refractivity contribution in [3.05, 3.63) is 63.6 Å². The van der Waals surface area contributed by atoms with Crippen molar-refractivity contribution in [2.45, 2.75) is 58.4 Å². The summed E-state index contributed by atoms with van der Waals surface area (Å²) in [5.74, 6) is -1.28. The molecule has 0 spiro atoms. The highest BCUT2D eigenvalue weighted by atomic mass is 16.5. The Balaban J connectivity index is 1.60. The third-order valence-corrected chi connectivity index (χ3v) is 6.06. The number of anilines is 1. The van der Waals surface area contributed by atoms with Crippen LogP contribution >= 0.6 is 0 Å². The van der Waals surface area contributed by atoms with Gasteiger partial charge in [-0.1, -0.05) is 19.1 Å². The van der Waals surface area contributed by atoms with Gasteiger partial charge in [0.1, 0.15) is 6.04 Å². The van der Waals surface area contributed by atoms with Crippen LogP contribution in [0.2, 0.25) is 0 Å². The van der Waals surface area contributed by atoms with Crippen LogP contribution in [0.15, 0.2) is 41.3 Å². The number of benzene rings is 1. The molecule has 4 N–H and O–H groups in total. The van der Waals surface area contributed by atoms with E-state index in [2.05, 4.69) is 27.2 Å². The second kappa shape index (κ2) is 13.3. The number of fused-ring (bicyclic) bond motifs is 1. The minimum absolute atomic E-state index is 0.0142.